The van der Waals surface area contributed by atoms with Crippen molar-refractivity contribution in [3.63, 3.8) is 0 Å². The van der Waals surface area contributed by atoms with E-state index in [0.717, 1.165) is 0 Å². The number of nitrogens with zero attached hydrogens (tertiary/aromatic N) is 2. The number of benzene rings is 1. The van der Waals surface area contributed by atoms with Crippen LogP contribution in [0.4, 0.5) is 5.69 Å². The summed E-state index contributed by atoms with van der Waals surface area (Å²) < 4.78 is 0. The first-order valence-corrected chi connectivity index (χ1v) is 6.46. The summed E-state index contributed by atoms with van der Waals surface area (Å²) in [6.45, 7) is -0.244. The smallest absolute Gasteiger partial charge is 0.325 e. The normalized spacial score (nSPS) is 23.0. The van der Waals surface area contributed by atoms with Crippen molar-refractivity contribution >= 4 is 42.4 Å². The van der Waals surface area contributed by atoms with Crippen LogP contribution in [0.1, 0.15) is 12.0 Å². The Balaban J connectivity index is 0.00000264. The second-order valence-corrected chi connectivity index (χ2v) is 5.31. The van der Waals surface area contributed by atoms with Crippen molar-refractivity contribution in [1.29, 1.82) is 0 Å². The number of halogens is 2. The molecule has 9 nitrogen and oxygen atoms in total. The number of carboxylic acids is 2. The molecule has 0 amide bonds. The summed E-state index contributed by atoms with van der Waals surface area (Å²) in [5.74, 6) is -2.49. The molecule has 0 radical (unpaired) electrons. The van der Waals surface area contributed by atoms with E-state index in [1.807, 2.05) is 0 Å². The van der Waals surface area contributed by atoms with E-state index in [9.17, 15) is 24.8 Å². The average Bonchev–Trinajstić information content (AvgIpc) is 2.78. The van der Waals surface area contributed by atoms with Gasteiger partial charge in [-0.3, -0.25) is 24.6 Å². The second kappa shape index (κ2) is 8.25. The third kappa shape index (κ3) is 4.32. The number of carboxylic acid groups (broad SMARTS) is 2. The predicted molar refractivity (Wildman–Crippen MR) is 88.6 cm³/mol. The Kier molecular flexibility index (Phi) is 7.58. The predicted octanol–water partition coefficient (Wildman–Crippen LogP) is 0.879. The van der Waals surface area contributed by atoms with Crippen molar-refractivity contribution < 1.29 is 24.7 Å². The lowest BCUT2D eigenvalue weighted by Gasteiger charge is -2.21. The van der Waals surface area contributed by atoms with E-state index in [-0.39, 0.29) is 50.0 Å². The molecule has 1 aromatic rings. The van der Waals surface area contributed by atoms with Gasteiger partial charge in [-0.2, -0.15) is 0 Å². The highest BCUT2D eigenvalue weighted by molar-refractivity contribution is 5.85. The lowest BCUT2D eigenvalue weighted by molar-refractivity contribution is -0.385. The summed E-state index contributed by atoms with van der Waals surface area (Å²) in [7, 11) is 0. The molecule has 0 aliphatic carbocycles. The summed E-state index contributed by atoms with van der Waals surface area (Å²) in [6.07, 6.45) is -0.252. The van der Waals surface area contributed by atoms with Crippen molar-refractivity contribution in [2.45, 2.75) is 24.5 Å². The Bertz CT molecular complexity index is 644. The van der Waals surface area contributed by atoms with Crippen LogP contribution in [0.5, 0.6) is 0 Å². The average molecular weight is 382 g/mol. The quantitative estimate of drug-likeness (QED) is 0.502. The maximum atomic E-state index is 11.3. The van der Waals surface area contributed by atoms with Gasteiger partial charge in [0.25, 0.3) is 5.69 Å². The molecule has 1 aromatic carbocycles. The summed E-state index contributed by atoms with van der Waals surface area (Å²) >= 11 is 0. The Morgan fingerprint density at radius 1 is 1.33 bits per heavy atom. The Hall–Kier alpha value is -1.94. The summed E-state index contributed by atoms with van der Waals surface area (Å²) in [4.78, 5) is 34.3. The zero-order chi connectivity index (χ0) is 16.5. The molecule has 134 valence electrons. The van der Waals surface area contributed by atoms with Crippen LogP contribution in [-0.4, -0.2) is 50.1 Å². The molecule has 0 bridgehead atoms. The number of nitro benzene ring substituents is 1. The number of rotatable bonds is 5. The van der Waals surface area contributed by atoms with Crippen LogP contribution in [0.3, 0.4) is 0 Å². The molecule has 1 aliphatic heterocycles. The highest BCUT2D eigenvalue weighted by Gasteiger charge is 2.49. The largest absolute Gasteiger partial charge is 0.480 e. The van der Waals surface area contributed by atoms with Gasteiger partial charge in [-0.05, 0) is 0 Å². The molecule has 0 unspecified atom stereocenters. The maximum Gasteiger partial charge on any atom is 0.325 e. The minimum atomic E-state index is -1.67. The molecule has 1 fully saturated rings. The molecular formula is C13H17Cl2N3O6. The second-order valence-electron chi connectivity index (χ2n) is 5.31. The van der Waals surface area contributed by atoms with Gasteiger partial charge in [0, 0.05) is 31.1 Å². The van der Waals surface area contributed by atoms with Crippen molar-refractivity contribution in [2.75, 3.05) is 6.54 Å². The zero-order valence-electron chi connectivity index (χ0n) is 12.3. The van der Waals surface area contributed by atoms with Crippen LogP contribution < -0.4 is 5.73 Å². The van der Waals surface area contributed by atoms with Crippen LogP contribution in [-0.2, 0) is 16.1 Å². The standard InChI is InChI=1S/C13H15N3O6.2ClH/c14-13(12(19)20)5-10(11(17)18)15(7-13)6-8-3-1-2-4-9(8)16(21)22;;/h1-4,10H,5-7,14H2,(H,17,18)(H,19,20);2*1H/t10-,13-;;/m1../s1. The molecule has 2 rings (SSSR count). The number of carbonyl (C=O) groups is 2. The number of nitro groups is 1. The number of aliphatic carboxylic acids is 2. The van der Waals surface area contributed by atoms with Gasteiger partial charge < -0.3 is 15.9 Å². The van der Waals surface area contributed by atoms with E-state index in [1.165, 1.54) is 23.1 Å². The molecule has 1 heterocycles. The monoisotopic (exact) mass is 381 g/mol. The molecule has 2 atom stereocenters. The fraction of sp³-hybridized carbons (Fsp3) is 0.385. The van der Waals surface area contributed by atoms with E-state index in [1.54, 1.807) is 6.07 Å². The number of likely N-dealkylation sites (tertiary alicyclic amines) is 1. The lowest BCUT2D eigenvalue weighted by atomic mass is 9.98. The molecule has 24 heavy (non-hydrogen) atoms. The number of para-hydroxylation sites is 1. The molecule has 1 saturated heterocycles. The van der Waals surface area contributed by atoms with Crippen LogP contribution >= 0.6 is 24.8 Å². The lowest BCUT2D eigenvalue weighted by Crippen LogP contribution is -2.50. The number of hydrogen-bond donors (Lipinski definition) is 3. The van der Waals surface area contributed by atoms with Gasteiger partial charge in [0.05, 0.1) is 4.92 Å². The van der Waals surface area contributed by atoms with Gasteiger partial charge in [-0.25, -0.2) is 0 Å². The number of nitrogens with two attached hydrogens (primary N) is 1. The molecule has 4 N–H and O–H groups in total. The van der Waals surface area contributed by atoms with Gasteiger partial charge in [0.15, 0.2) is 0 Å². The van der Waals surface area contributed by atoms with Gasteiger partial charge in [-0.1, -0.05) is 18.2 Å². The number of hydrogen-bond acceptors (Lipinski definition) is 6. The first-order chi connectivity index (χ1) is 10.2. The van der Waals surface area contributed by atoms with Crippen LogP contribution in [0.15, 0.2) is 24.3 Å². The van der Waals surface area contributed by atoms with Crippen molar-refractivity contribution in [3.05, 3.63) is 39.9 Å². The summed E-state index contributed by atoms with van der Waals surface area (Å²) in [5, 5.41) is 29.4. The SMILES string of the molecule is Cl.Cl.N[C@]1(C(=O)O)C[C@H](C(=O)O)N(Cc2ccccc2[N+](=O)[O-])C1. The molecular weight excluding hydrogens is 365 g/mol. The minimum Gasteiger partial charge on any atom is -0.480 e. The molecule has 0 saturated carbocycles. The first-order valence-electron chi connectivity index (χ1n) is 6.46. The summed E-state index contributed by atoms with van der Waals surface area (Å²) in [6, 6.07) is 4.83. The first kappa shape index (κ1) is 22.1. The molecule has 0 aromatic heterocycles. The van der Waals surface area contributed by atoms with Gasteiger partial charge >= 0.3 is 11.9 Å². The van der Waals surface area contributed by atoms with Gasteiger partial charge in [0.1, 0.15) is 11.6 Å². The van der Waals surface area contributed by atoms with Crippen molar-refractivity contribution in [2.24, 2.45) is 5.73 Å². The van der Waals surface area contributed by atoms with E-state index in [0.29, 0.717) is 5.56 Å². The Morgan fingerprint density at radius 2 is 1.92 bits per heavy atom. The Labute approximate surface area is 149 Å². The van der Waals surface area contributed by atoms with Crippen LogP contribution in [0, 0.1) is 10.1 Å². The van der Waals surface area contributed by atoms with Crippen LogP contribution in [0.2, 0.25) is 0 Å². The Morgan fingerprint density at radius 3 is 2.42 bits per heavy atom. The topological polar surface area (TPSA) is 147 Å². The fourth-order valence-corrected chi connectivity index (χ4v) is 2.62. The third-order valence-electron chi connectivity index (χ3n) is 3.76. The summed E-state index contributed by atoms with van der Waals surface area (Å²) in [5.41, 5.74) is 4.23. The van der Waals surface area contributed by atoms with Crippen molar-refractivity contribution in [3.8, 4) is 0 Å². The van der Waals surface area contributed by atoms with Gasteiger partial charge in [-0.15, -0.1) is 24.8 Å². The molecule has 1 aliphatic rings. The minimum absolute atomic E-state index is 0. The van der Waals surface area contributed by atoms with E-state index in [2.05, 4.69) is 0 Å². The van der Waals surface area contributed by atoms with E-state index < -0.39 is 28.4 Å². The zero-order valence-corrected chi connectivity index (χ0v) is 14.0. The fourth-order valence-electron chi connectivity index (χ4n) is 2.62. The molecule has 11 heteroatoms. The highest BCUT2D eigenvalue weighted by Crippen LogP contribution is 2.29. The third-order valence-corrected chi connectivity index (χ3v) is 3.76. The van der Waals surface area contributed by atoms with Crippen molar-refractivity contribution in [1.82, 2.24) is 4.90 Å². The van der Waals surface area contributed by atoms with Gasteiger partial charge in [0.2, 0.25) is 0 Å². The maximum absolute atomic E-state index is 11.3. The van der Waals surface area contributed by atoms with E-state index >= 15 is 0 Å². The van der Waals surface area contributed by atoms with Crippen LogP contribution in [0.25, 0.3) is 0 Å². The highest BCUT2D eigenvalue weighted by atomic mass is 35.5. The molecule has 0 spiro atoms. The van der Waals surface area contributed by atoms with E-state index in [4.69, 9.17) is 10.8 Å².